The summed E-state index contributed by atoms with van der Waals surface area (Å²) < 4.78 is 13.0. The Morgan fingerprint density at radius 2 is 2.14 bits per heavy atom. The maximum absolute atomic E-state index is 13.0. The normalized spacial score (nSPS) is 15.1. The fourth-order valence-electron chi connectivity index (χ4n) is 1.31. The Balaban J connectivity index is 2.91. The smallest absolute Gasteiger partial charge is 0.165 e. The van der Waals surface area contributed by atoms with E-state index >= 15 is 0 Å². The average molecular weight is 197 g/mol. The van der Waals surface area contributed by atoms with Gasteiger partial charge in [0.05, 0.1) is 0 Å². The number of hydrogen-bond donors (Lipinski definition) is 2. The Bertz CT molecular complexity index is 314. The number of nitrogens with two attached hydrogens (primary N) is 1. The van der Waals surface area contributed by atoms with E-state index in [1.165, 1.54) is 12.1 Å². The topological polar surface area (TPSA) is 46.2 Å². The summed E-state index contributed by atoms with van der Waals surface area (Å²) in [5, 5.41) is 9.01. The second-order valence-electron chi connectivity index (χ2n) is 3.62. The molecule has 2 unspecified atom stereocenters. The highest BCUT2D eigenvalue weighted by Gasteiger charge is 2.14. The maximum atomic E-state index is 13.0. The highest BCUT2D eigenvalue weighted by atomic mass is 19.1. The highest BCUT2D eigenvalue weighted by Crippen LogP contribution is 2.25. The molecular formula is C11H16FNO. The van der Waals surface area contributed by atoms with E-state index in [9.17, 15) is 4.39 Å². The van der Waals surface area contributed by atoms with E-state index in [1.807, 2.05) is 13.8 Å². The minimum atomic E-state index is -0.610. The van der Waals surface area contributed by atoms with Gasteiger partial charge >= 0.3 is 0 Å². The van der Waals surface area contributed by atoms with E-state index in [0.717, 1.165) is 12.0 Å². The van der Waals surface area contributed by atoms with Crippen LogP contribution in [0.5, 0.6) is 5.75 Å². The first-order chi connectivity index (χ1) is 6.56. The van der Waals surface area contributed by atoms with Crippen LogP contribution >= 0.6 is 0 Å². The summed E-state index contributed by atoms with van der Waals surface area (Å²) in [6.45, 7) is 4.07. The lowest BCUT2D eigenvalue weighted by molar-refractivity contribution is 0.425. The van der Waals surface area contributed by atoms with E-state index < -0.39 is 5.82 Å². The van der Waals surface area contributed by atoms with Crippen LogP contribution < -0.4 is 5.73 Å². The van der Waals surface area contributed by atoms with Gasteiger partial charge in [-0.1, -0.05) is 26.3 Å². The molecule has 1 aromatic carbocycles. The predicted molar refractivity (Wildman–Crippen MR) is 54.4 cm³/mol. The fourth-order valence-corrected chi connectivity index (χ4v) is 1.31. The van der Waals surface area contributed by atoms with Crippen molar-refractivity contribution < 1.29 is 9.50 Å². The summed E-state index contributed by atoms with van der Waals surface area (Å²) in [5.41, 5.74) is 6.65. The molecule has 0 saturated heterocycles. The van der Waals surface area contributed by atoms with Crippen molar-refractivity contribution in [1.29, 1.82) is 0 Å². The van der Waals surface area contributed by atoms with Gasteiger partial charge in [0.15, 0.2) is 11.6 Å². The van der Waals surface area contributed by atoms with Gasteiger partial charge in [-0.05, 0) is 23.6 Å². The number of phenols is 1. The van der Waals surface area contributed by atoms with E-state index in [-0.39, 0.29) is 11.8 Å². The van der Waals surface area contributed by atoms with Crippen LogP contribution in [0.1, 0.15) is 31.9 Å². The van der Waals surface area contributed by atoms with Gasteiger partial charge in [0.1, 0.15) is 0 Å². The molecular weight excluding hydrogens is 181 g/mol. The van der Waals surface area contributed by atoms with Gasteiger partial charge in [-0.25, -0.2) is 4.39 Å². The molecule has 0 saturated carbocycles. The first-order valence-electron chi connectivity index (χ1n) is 4.80. The Morgan fingerprint density at radius 1 is 1.50 bits per heavy atom. The average Bonchev–Trinajstić information content (AvgIpc) is 2.20. The van der Waals surface area contributed by atoms with E-state index in [1.54, 1.807) is 6.07 Å². The van der Waals surface area contributed by atoms with Gasteiger partial charge in [0.25, 0.3) is 0 Å². The lowest BCUT2D eigenvalue weighted by Gasteiger charge is -2.18. The summed E-state index contributed by atoms with van der Waals surface area (Å²) >= 11 is 0. The van der Waals surface area contributed by atoms with Crippen molar-refractivity contribution in [1.82, 2.24) is 0 Å². The predicted octanol–water partition coefficient (Wildman–Crippen LogP) is 2.58. The van der Waals surface area contributed by atoms with E-state index in [0.29, 0.717) is 5.92 Å². The van der Waals surface area contributed by atoms with Crippen molar-refractivity contribution in [2.24, 2.45) is 11.7 Å². The third-order valence-corrected chi connectivity index (χ3v) is 2.61. The van der Waals surface area contributed by atoms with E-state index in [2.05, 4.69) is 0 Å². The van der Waals surface area contributed by atoms with E-state index in [4.69, 9.17) is 10.8 Å². The molecule has 1 aromatic rings. The van der Waals surface area contributed by atoms with Gasteiger partial charge in [0, 0.05) is 6.04 Å². The molecule has 0 bridgehead atoms. The van der Waals surface area contributed by atoms with Crippen LogP contribution in [0.3, 0.4) is 0 Å². The fraction of sp³-hybridized carbons (Fsp3) is 0.455. The van der Waals surface area contributed by atoms with Crippen LogP contribution in [0, 0.1) is 11.7 Å². The lowest BCUT2D eigenvalue weighted by atomic mass is 9.93. The zero-order valence-electron chi connectivity index (χ0n) is 8.50. The lowest BCUT2D eigenvalue weighted by Crippen LogP contribution is -2.18. The molecule has 1 rings (SSSR count). The molecule has 0 aliphatic carbocycles. The minimum Gasteiger partial charge on any atom is -0.505 e. The standard InChI is InChI=1S/C11H16FNO/c1-3-7(2)11(13)8-4-5-10(14)9(12)6-8/h4-7,11,14H,3,13H2,1-2H3. The molecule has 0 heterocycles. The van der Waals surface area contributed by atoms with Crippen molar-refractivity contribution >= 4 is 0 Å². The highest BCUT2D eigenvalue weighted by molar-refractivity contribution is 5.29. The van der Waals surface area contributed by atoms with Crippen molar-refractivity contribution in [2.45, 2.75) is 26.3 Å². The van der Waals surface area contributed by atoms with Crippen LogP contribution in [0.4, 0.5) is 4.39 Å². The zero-order valence-corrected chi connectivity index (χ0v) is 8.50. The number of aromatic hydroxyl groups is 1. The van der Waals surface area contributed by atoms with Gasteiger partial charge in [-0.3, -0.25) is 0 Å². The molecule has 2 nitrogen and oxygen atoms in total. The Kier molecular flexibility index (Phi) is 3.47. The second-order valence-corrected chi connectivity index (χ2v) is 3.62. The van der Waals surface area contributed by atoms with Gasteiger partial charge in [0.2, 0.25) is 0 Å². The van der Waals surface area contributed by atoms with Crippen LogP contribution in [0.2, 0.25) is 0 Å². The Morgan fingerprint density at radius 3 is 2.64 bits per heavy atom. The summed E-state index contributed by atoms with van der Waals surface area (Å²) in [7, 11) is 0. The molecule has 0 fully saturated rings. The molecule has 78 valence electrons. The van der Waals surface area contributed by atoms with Gasteiger partial charge in [-0.2, -0.15) is 0 Å². The number of phenolic OH excluding ortho intramolecular Hbond substituents is 1. The van der Waals surface area contributed by atoms with Gasteiger partial charge < -0.3 is 10.8 Å². The first kappa shape index (κ1) is 11.0. The summed E-state index contributed by atoms with van der Waals surface area (Å²) in [6.07, 6.45) is 0.948. The summed E-state index contributed by atoms with van der Waals surface area (Å²) in [6, 6.07) is 4.13. The number of hydrogen-bond acceptors (Lipinski definition) is 2. The minimum absolute atomic E-state index is 0.171. The summed E-state index contributed by atoms with van der Waals surface area (Å²) in [4.78, 5) is 0. The van der Waals surface area contributed by atoms with Crippen molar-refractivity contribution in [3.05, 3.63) is 29.6 Å². The molecule has 0 aliphatic rings. The second kappa shape index (κ2) is 4.42. The molecule has 3 heteroatoms. The monoisotopic (exact) mass is 197 g/mol. The van der Waals surface area contributed by atoms with Crippen molar-refractivity contribution in [3.63, 3.8) is 0 Å². The maximum Gasteiger partial charge on any atom is 0.165 e. The Hall–Kier alpha value is -1.09. The zero-order chi connectivity index (χ0) is 10.7. The number of rotatable bonds is 3. The molecule has 2 atom stereocenters. The molecule has 3 N–H and O–H groups in total. The number of halogens is 1. The largest absolute Gasteiger partial charge is 0.505 e. The third-order valence-electron chi connectivity index (χ3n) is 2.61. The van der Waals surface area contributed by atoms with Crippen molar-refractivity contribution in [2.75, 3.05) is 0 Å². The molecule has 14 heavy (non-hydrogen) atoms. The van der Waals surface area contributed by atoms with Crippen LogP contribution in [-0.4, -0.2) is 5.11 Å². The molecule has 0 aromatic heterocycles. The summed E-state index contributed by atoms with van der Waals surface area (Å²) in [5.74, 6) is -0.634. The first-order valence-corrected chi connectivity index (χ1v) is 4.80. The molecule has 0 radical (unpaired) electrons. The molecule has 0 aliphatic heterocycles. The van der Waals surface area contributed by atoms with Gasteiger partial charge in [-0.15, -0.1) is 0 Å². The van der Waals surface area contributed by atoms with Crippen LogP contribution in [0.25, 0.3) is 0 Å². The molecule has 0 spiro atoms. The van der Waals surface area contributed by atoms with Crippen LogP contribution in [-0.2, 0) is 0 Å². The third kappa shape index (κ3) is 2.23. The van der Waals surface area contributed by atoms with Crippen LogP contribution in [0.15, 0.2) is 18.2 Å². The molecule has 0 amide bonds. The van der Waals surface area contributed by atoms with Crippen molar-refractivity contribution in [3.8, 4) is 5.75 Å². The Labute approximate surface area is 83.6 Å². The SMILES string of the molecule is CCC(C)C(N)c1ccc(O)c(F)c1. The number of benzene rings is 1. The quantitative estimate of drug-likeness (QED) is 0.782.